The van der Waals surface area contributed by atoms with Gasteiger partial charge in [-0.3, -0.25) is 0 Å². The monoisotopic (exact) mass is 349 g/mol. The average Bonchev–Trinajstić information content (AvgIpc) is 3.17. The highest BCUT2D eigenvalue weighted by Gasteiger charge is 2.12. The van der Waals surface area contributed by atoms with Crippen LogP contribution in [0.5, 0.6) is 0 Å². The van der Waals surface area contributed by atoms with Crippen molar-refractivity contribution < 1.29 is 0 Å². The molecule has 0 saturated heterocycles. The van der Waals surface area contributed by atoms with Crippen LogP contribution in [0.15, 0.2) is 36.8 Å². The van der Waals surface area contributed by atoms with Crippen LogP contribution in [0.4, 0.5) is 17.5 Å². The smallest absolute Gasteiger partial charge is 0.252 e. The molecule has 0 spiro atoms. The minimum absolute atomic E-state index is 0.311. The molecule has 3 N–H and O–H groups in total. The fourth-order valence-corrected chi connectivity index (χ4v) is 2.95. The standard InChI is InChI=1S/C17H19N9/c1-10(2)26-11(3)21-12-9-20-16(8-13(12)26)22-15-4-6-19-17(23-15)25-7-5-14(18)24-25/h4-10H,1-3H3,(H2,18,24)(H,19,20,22,23). The summed E-state index contributed by atoms with van der Waals surface area (Å²) in [7, 11) is 0. The Morgan fingerprint density at radius 3 is 2.69 bits per heavy atom. The van der Waals surface area contributed by atoms with Crippen molar-refractivity contribution in [1.29, 1.82) is 0 Å². The second-order valence-corrected chi connectivity index (χ2v) is 6.23. The van der Waals surface area contributed by atoms with E-state index in [2.05, 4.69) is 48.8 Å². The van der Waals surface area contributed by atoms with Crippen molar-refractivity contribution in [1.82, 2.24) is 34.3 Å². The Kier molecular flexibility index (Phi) is 3.76. The molecule has 9 nitrogen and oxygen atoms in total. The van der Waals surface area contributed by atoms with Gasteiger partial charge in [-0.2, -0.15) is 4.98 Å². The molecule has 4 aromatic rings. The molecule has 0 aliphatic rings. The number of hydrogen-bond acceptors (Lipinski definition) is 7. The third kappa shape index (κ3) is 2.83. The van der Waals surface area contributed by atoms with Gasteiger partial charge in [0.1, 0.15) is 28.8 Å². The fourth-order valence-electron chi connectivity index (χ4n) is 2.95. The predicted molar refractivity (Wildman–Crippen MR) is 99.5 cm³/mol. The Bertz CT molecular complexity index is 1080. The van der Waals surface area contributed by atoms with Crippen molar-refractivity contribution in [2.45, 2.75) is 26.8 Å². The summed E-state index contributed by atoms with van der Waals surface area (Å²) in [6.07, 6.45) is 5.13. The van der Waals surface area contributed by atoms with Gasteiger partial charge in [0.15, 0.2) is 0 Å². The largest absolute Gasteiger partial charge is 0.382 e. The van der Waals surface area contributed by atoms with Gasteiger partial charge in [-0.05, 0) is 26.8 Å². The normalized spacial score (nSPS) is 11.4. The summed E-state index contributed by atoms with van der Waals surface area (Å²) in [6.45, 7) is 6.27. The van der Waals surface area contributed by atoms with Crippen LogP contribution in [0.1, 0.15) is 25.7 Å². The van der Waals surface area contributed by atoms with Crippen LogP contribution in [-0.4, -0.2) is 34.3 Å². The quantitative estimate of drug-likeness (QED) is 0.582. The number of nitrogens with two attached hydrogens (primary N) is 1. The zero-order valence-electron chi connectivity index (χ0n) is 14.7. The number of anilines is 3. The van der Waals surface area contributed by atoms with E-state index in [0.717, 1.165) is 16.9 Å². The van der Waals surface area contributed by atoms with E-state index in [1.165, 1.54) is 4.68 Å². The number of nitrogen functional groups attached to an aromatic ring is 1. The molecule has 0 saturated carbocycles. The molecule has 4 heterocycles. The van der Waals surface area contributed by atoms with Gasteiger partial charge in [-0.25, -0.2) is 19.6 Å². The predicted octanol–water partition coefficient (Wildman–Crippen LogP) is 2.62. The highest BCUT2D eigenvalue weighted by molar-refractivity contribution is 5.79. The lowest BCUT2D eigenvalue weighted by molar-refractivity contribution is 0.600. The van der Waals surface area contributed by atoms with Gasteiger partial charge >= 0.3 is 0 Å². The van der Waals surface area contributed by atoms with Crippen LogP contribution >= 0.6 is 0 Å². The Hall–Kier alpha value is -3.49. The molecule has 0 aliphatic carbocycles. The van der Waals surface area contributed by atoms with Crippen molar-refractivity contribution in [3.05, 3.63) is 42.6 Å². The summed E-state index contributed by atoms with van der Waals surface area (Å²) in [5, 5.41) is 7.33. The molecule has 0 aromatic carbocycles. The molecule has 0 fully saturated rings. The van der Waals surface area contributed by atoms with Gasteiger partial charge in [0.05, 0.1) is 11.7 Å². The van der Waals surface area contributed by atoms with Gasteiger partial charge in [0.25, 0.3) is 5.95 Å². The fraction of sp³-hybridized carbons (Fsp3) is 0.235. The van der Waals surface area contributed by atoms with Gasteiger partial charge in [0.2, 0.25) is 0 Å². The van der Waals surface area contributed by atoms with Gasteiger partial charge in [0, 0.05) is 30.6 Å². The zero-order chi connectivity index (χ0) is 18.3. The van der Waals surface area contributed by atoms with Gasteiger partial charge in [-0.15, -0.1) is 5.10 Å². The molecule has 0 amide bonds. The van der Waals surface area contributed by atoms with E-state index in [4.69, 9.17) is 5.73 Å². The third-order valence-corrected chi connectivity index (χ3v) is 3.98. The molecule has 0 radical (unpaired) electrons. The lowest BCUT2D eigenvalue weighted by Crippen LogP contribution is -2.05. The van der Waals surface area contributed by atoms with Crippen molar-refractivity contribution in [2.24, 2.45) is 0 Å². The summed E-state index contributed by atoms with van der Waals surface area (Å²) in [5.74, 6) is 3.11. The van der Waals surface area contributed by atoms with E-state index in [-0.39, 0.29) is 0 Å². The summed E-state index contributed by atoms with van der Waals surface area (Å²) in [6, 6.07) is 5.75. The van der Waals surface area contributed by atoms with Crippen LogP contribution in [0.2, 0.25) is 0 Å². The van der Waals surface area contributed by atoms with Crippen LogP contribution in [-0.2, 0) is 0 Å². The first-order valence-electron chi connectivity index (χ1n) is 8.27. The molecular formula is C17H19N9. The third-order valence-electron chi connectivity index (χ3n) is 3.98. The number of aromatic nitrogens is 7. The highest BCUT2D eigenvalue weighted by atomic mass is 15.4. The summed E-state index contributed by atoms with van der Waals surface area (Å²) in [4.78, 5) is 17.7. The number of rotatable bonds is 4. The first-order valence-corrected chi connectivity index (χ1v) is 8.27. The van der Waals surface area contributed by atoms with E-state index in [0.29, 0.717) is 29.4 Å². The maximum Gasteiger partial charge on any atom is 0.252 e. The van der Waals surface area contributed by atoms with Crippen molar-refractivity contribution in [2.75, 3.05) is 11.1 Å². The summed E-state index contributed by atoms with van der Waals surface area (Å²) < 4.78 is 3.70. The number of pyridine rings is 1. The molecule has 0 bridgehead atoms. The number of imidazole rings is 1. The number of nitrogens with one attached hydrogen (secondary N) is 1. The number of hydrogen-bond donors (Lipinski definition) is 2. The van der Waals surface area contributed by atoms with Crippen LogP contribution < -0.4 is 11.1 Å². The molecule has 0 aliphatic heterocycles. The SMILES string of the molecule is Cc1nc2cnc(Nc3ccnc(-n4ccc(N)n4)n3)cc2n1C(C)C. The van der Waals surface area contributed by atoms with Crippen LogP contribution in [0.3, 0.4) is 0 Å². The first-order chi connectivity index (χ1) is 12.5. The minimum Gasteiger partial charge on any atom is -0.382 e. The zero-order valence-corrected chi connectivity index (χ0v) is 14.7. The van der Waals surface area contributed by atoms with Gasteiger partial charge < -0.3 is 15.6 Å². The summed E-state index contributed by atoms with van der Waals surface area (Å²) >= 11 is 0. The summed E-state index contributed by atoms with van der Waals surface area (Å²) in [5.41, 5.74) is 7.55. The molecule has 4 aromatic heterocycles. The molecule has 4 rings (SSSR count). The first kappa shape index (κ1) is 16.0. The molecule has 0 atom stereocenters. The molecule has 132 valence electrons. The maximum atomic E-state index is 5.65. The number of fused-ring (bicyclic) bond motifs is 1. The van der Waals surface area contributed by atoms with E-state index in [9.17, 15) is 0 Å². The van der Waals surface area contributed by atoms with Crippen LogP contribution in [0.25, 0.3) is 17.0 Å². The van der Waals surface area contributed by atoms with Crippen molar-refractivity contribution >= 4 is 28.5 Å². The highest BCUT2D eigenvalue weighted by Crippen LogP contribution is 2.23. The van der Waals surface area contributed by atoms with Gasteiger partial charge in [-0.1, -0.05) is 0 Å². The Morgan fingerprint density at radius 1 is 1.12 bits per heavy atom. The van der Waals surface area contributed by atoms with Crippen molar-refractivity contribution in [3.8, 4) is 5.95 Å². The topological polar surface area (TPSA) is 112 Å². The lowest BCUT2D eigenvalue weighted by Gasteiger charge is -2.11. The van der Waals surface area contributed by atoms with E-state index in [1.54, 1.807) is 30.7 Å². The second-order valence-electron chi connectivity index (χ2n) is 6.23. The van der Waals surface area contributed by atoms with E-state index in [1.807, 2.05) is 13.0 Å². The van der Waals surface area contributed by atoms with Crippen LogP contribution in [0, 0.1) is 6.92 Å². The maximum absolute atomic E-state index is 5.65. The van der Waals surface area contributed by atoms with E-state index < -0.39 is 0 Å². The molecular weight excluding hydrogens is 330 g/mol. The second kappa shape index (κ2) is 6.10. The number of nitrogens with zero attached hydrogens (tertiary/aromatic N) is 7. The lowest BCUT2D eigenvalue weighted by atomic mass is 10.3. The Balaban J connectivity index is 1.68. The Morgan fingerprint density at radius 2 is 1.96 bits per heavy atom. The van der Waals surface area contributed by atoms with Crippen molar-refractivity contribution in [3.63, 3.8) is 0 Å². The molecule has 26 heavy (non-hydrogen) atoms. The Labute approximate surface area is 149 Å². The molecule has 9 heteroatoms. The van der Waals surface area contributed by atoms with E-state index >= 15 is 0 Å². The molecule has 0 unspecified atom stereocenters. The minimum atomic E-state index is 0.311. The number of aryl methyl sites for hydroxylation is 1. The average molecular weight is 349 g/mol.